The van der Waals surface area contributed by atoms with Crippen molar-refractivity contribution >= 4 is 11.3 Å². The Hall–Kier alpha value is -0.340. The van der Waals surface area contributed by atoms with Crippen LogP contribution in [0.25, 0.3) is 0 Å². The van der Waals surface area contributed by atoms with Crippen molar-refractivity contribution < 1.29 is 0 Å². The average molecular weight is 239 g/mol. The van der Waals surface area contributed by atoms with Gasteiger partial charge in [0, 0.05) is 15.8 Å². The van der Waals surface area contributed by atoms with Crippen LogP contribution in [-0.2, 0) is 12.8 Å². The van der Waals surface area contributed by atoms with Crippen molar-refractivity contribution in [2.45, 2.75) is 58.9 Å². The summed E-state index contributed by atoms with van der Waals surface area (Å²) in [6.07, 6.45) is 6.28. The molecule has 1 unspecified atom stereocenters. The minimum Gasteiger partial charge on any atom is -0.314 e. The molecule has 1 rings (SSSR count). The molecule has 0 spiro atoms. The van der Waals surface area contributed by atoms with E-state index in [1.54, 1.807) is 4.88 Å². The molecule has 0 aliphatic rings. The van der Waals surface area contributed by atoms with Crippen LogP contribution in [0.5, 0.6) is 0 Å². The lowest BCUT2D eigenvalue weighted by Crippen LogP contribution is -2.29. The maximum absolute atomic E-state index is 3.58. The van der Waals surface area contributed by atoms with E-state index in [1.165, 1.54) is 37.0 Å². The molecule has 2 heteroatoms. The molecule has 16 heavy (non-hydrogen) atoms. The third-order valence-electron chi connectivity index (χ3n) is 2.93. The molecule has 1 nitrogen and oxygen atoms in total. The van der Waals surface area contributed by atoms with Crippen LogP contribution in [0, 0.1) is 0 Å². The molecule has 0 bridgehead atoms. The largest absolute Gasteiger partial charge is 0.314 e. The molecule has 0 aliphatic carbocycles. The molecular formula is C14H25NS. The zero-order valence-corrected chi connectivity index (χ0v) is 11.7. The highest BCUT2D eigenvalue weighted by Crippen LogP contribution is 2.19. The minimum absolute atomic E-state index is 0.710. The van der Waals surface area contributed by atoms with Crippen LogP contribution in [0.4, 0.5) is 0 Å². The Bertz CT molecular complexity index is 274. The van der Waals surface area contributed by atoms with E-state index >= 15 is 0 Å². The smallest absolute Gasteiger partial charge is 0.00703 e. The van der Waals surface area contributed by atoms with Crippen LogP contribution < -0.4 is 5.32 Å². The van der Waals surface area contributed by atoms with Gasteiger partial charge in [-0.2, -0.15) is 0 Å². The monoisotopic (exact) mass is 239 g/mol. The van der Waals surface area contributed by atoms with E-state index in [-0.39, 0.29) is 0 Å². The lowest BCUT2D eigenvalue weighted by atomic mass is 10.1. The highest BCUT2D eigenvalue weighted by molar-refractivity contribution is 7.11. The quantitative estimate of drug-likeness (QED) is 0.722. The van der Waals surface area contributed by atoms with Crippen LogP contribution in [0.1, 0.15) is 49.8 Å². The Morgan fingerprint density at radius 3 is 2.44 bits per heavy atom. The molecule has 0 saturated carbocycles. The van der Waals surface area contributed by atoms with Gasteiger partial charge in [0.05, 0.1) is 0 Å². The first kappa shape index (κ1) is 13.7. The maximum atomic E-state index is 3.58. The van der Waals surface area contributed by atoms with Crippen LogP contribution in [-0.4, -0.2) is 12.6 Å². The predicted octanol–water partition coefficient (Wildman–Crippen LogP) is 4.02. The van der Waals surface area contributed by atoms with Gasteiger partial charge in [0.25, 0.3) is 0 Å². The molecule has 92 valence electrons. The topological polar surface area (TPSA) is 12.0 Å². The van der Waals surface area contributed by atoms with Gasteiger partial charge in [-0.1, -0.05) is 27.2 Å². The van der Waals surface area contributed by atoms with Gasteiger partial charge in [-0.15, -0.1) is 11.3 Å². The summed E-state index contributed by atoms with van der Waals surface area (Å²) >= 11 is 1.98. The molecule has 1 heterocycles. The molecular weight excluding hydrogens is 214 g/mol. The van der Waals surface area contributed by atoms with Crippen molar-refractivity contribution in [3.63, 3.8) is 0 Å². The van der Waals surface area contributed by atoms with E-state index < -0.39 is 0 Å². The maximum Gasteiger partial charge on any atom is 0.00703 e. The minimum atomic E-state index is 0.710. The van der Waals surface area contributed by atoms with Gasteiger partial charge in [0.1, 0.15) is 0 Å². The van der Waals surface area contributed by atoms with Gasteiger partial charge in [-0.3, -0.25) is 0 Å². The molecule has 0 radical (unpaired) electrons. The summed E-state index contributed by atoms with van der Waals surface area (Å²) in [5, 5.41) is 3.58. The zero-order valence-electron chi connectivity index (χ0n) is 10.9. The van der Waals surface area contributed by atoms with Crippen LogP contribution >= 0.6 is 11.3 Å². The normalized spacial score (nSPS) is 12.9. The fourth-order valence-corrected chi connectivity index (χ4v) is 3.02. The van der Waals surface area contributed by atoms with Crippen molar-refractivity contribution in [1.29, 1.82) is 0 Å². The molecule has 1 aromatic heterocycles. The van der Waals surface area contributed by atoms with E-state index in [0.29, 0.717) is 6.04 Å². The number of nitrogens with one attached hydrogen (secondary N) is 1. The van der Waals surface area contributed by atoms with Gasteiger partial charge in [0.15, 0.2) is 0 Å². The van der Waals surface area contributed by atoms with Gasteiger partial charge in [-0.05, 0) is 44.4 Å². The second-order valence-electron chi connectivity index (χ2n) is 4.30. The lowest BCUT2D eigenvalue weighted by Gasteiger charge is -2.16. The molecule has 0 aliphatic heterocycles. The van der Waals surface area contributed by atoms with E-state index in [9.17, 15) is 0 Å². The fourth-order valence-electron chi connectivity index (χ4n) is 2.05. The molecule has 0 amide bonds. The van der Waals surface area contributed by atoms with E-state index in [2.05, 4.69) is 38.2 Å². The Morgan fingerprint density at radius 1 is 1.12 bits per heavy atom. The first-order valence-electron chi connectivity index (χ1n) is 6.61. The SMILES string of the molecule is CCCC(CCc1ccc(CC)s1)NCC. The van der Waals surface area contributed by atoms with Crippen molar-refractivity contribution in [3.8, 4) is 0 Å². The van der Waals surface area contributed by atoms with Gasteiger partial charge >= 0.3 is 0 Å². The zero-order chi connectivity index (χ0) is 11.8. The highest BCUT2D eigenvalue weighted by atomic mass is 32.1. The fraction of sp³-hybridized carbons (Fsp3) is 0.714. The Kier molecular flexibility index (Phi) is 6.74. The Morgan fingerprint density at radius 2 is 1.88 bits per heavy atom. The number of thiophene rings is 1. The number of hydrogen-bond acceptors (Lipinski definition) is 2. The van der Waals surface area contributed by atoms with E-state index in [4.69, 9.17) is 0 Å². The summed E-state index contributed by atoms with van der Waals surface area (Å²) < 4.78 is 0. The van der Waals surface area contributed by atoms with Gasteiger partial charge in [0.2, 0.25) is 0 Å². The van der Waals surface area contributed by atoms with Crippen molar-refractivity contribution in [2.75, 3.05) is 6.54 Å². The van der Waals surface area contributed by atoms with Crippen molar-refractivity contribution in [2.24, 2.45) is 0 Å². The summed E-state index contributed by atoms with van der Waals surface area (Å²) in [7, 11) is 0. The second kappa shape index (κ2) is 7.86. The first-order valence-corrected chi connectivity index (χ1v) is 7.42. The van der Waals surface area contributed by atoms with Crippen LogP contribution in [0.2, 0.25) is 0 Å². The third-order valence-corrected chi connectivity index (χ3v) is 4.22. The molecule has 1 N–H and O–H groups in total. The first-order chi connectivity index (χ1) is 7.80. The van der Waals surface area contributed by atoms with Gasteiger partial charge < -0.3 is 5.32 Å². The molecule has 1 aromatic rings. The van der Waals surface area contributed by atoms with Crippen LogP contribution in [0.15, 0.2) is 12.1 Å². The average Bonchev–Trinajstić information content (AvgIpc) is 2.74. The van der Waals surface area contributed by atoms with Crippen LogP contribution in [0.3, 0.4) is 0 Å². The van der Waals surface area contributed by atoms with E-state index in [0.717, 1.165) is 6.54 Å². The Labute approximate surface area is 104 Å². The number of rotatable bonds is 8. The molecule has 0 fully saturated rings. The summed E-state index contributed by atoms with van der Waals surface area (Å²) in [5.41, 5.74) is 0. The van der Waals surface area contributed by atoms with Gasteiger partial charge in [-0.25, -0.2) is 0 Å². The predicted molar refractivity (Wildman–Crippen MR) is 74.4 cm³/mol. The highest BCUT2D eigenvalue weighted by Gasteiger charge is 2.07. The second-order valence-corrected chi connectivity index (χ2v) is 5.56. The molecule has 1 atom stereocenters. The van der Waals surface area contributed by atoms with E-state index in [1.807, 2.05) is 11.3 Å². The number of aryl methyl sites for hydroxylation is 2. The lowest BCUT2D eigenvalue weighted by molar-refractivity contribution is 0.461. The molecule has 0 aromatic carbocycles. The number of hydrogen-bond donors (Lipinski definition) is 1. The summed E-state index contributed by atoms with van der Waals surface area (Å²) in [6.45, 7) is 7.79. The van der Waals surface area contributed by atoms with Crippen molar-refractivity contribution in [1.82, 2.24) is 5.32 Å². The van der Waals surface area contributed by atoms with Crippen molar-refractivity contribution in [3.05, 3.63) is 21.9 Å². The Balaban J connectivity index is 2.35. The third kappa shape index (κ3) is 4.67. The molecule has 0 saturated heterocycles. The summed E-state index contributed by atoms with van der Waals surface area (Å²) in [6, 6.07) is 5.29. The summed E-state index contributed by atoms with van der Waals surface area (Å²) in [4.78, 5) is 3.07. The standard InChI is InChI=1S/C14H25NS/c1-4-7-12(15-6-3)8-9-14-11-10-13(5-2)16-14/h10-12,15H,4-9H2,1-3H3. The summed E-state index contributed by atoms with van der Waals surface area (Å²) in [5.74, 6) is 0.